The standard InChI is InChI=1S/C15H21ClN2O2/c1-15(2)9-13(7-8-20-15)17-10-14(19)18-12-5-3-11(16)4-6-12/h3-6,13,17H,7-10H2,1-2H3,(H,18,19). The fourth-order valence-electron chi connectivity index (χ4n) is 2.38. The highest BCUT2D eigenvalue weighted by Gasteiger charge is 2.28. The van der Waals surface area contributed by atoms with Gasteiger partial charge in [-0.25, -0.2) is 0 Å². The van der Waals surface area contributed by atoms with Crippen molar-refractivity contribution in [3.05, 3.63) is 29.3 Å². The van der Waals surface area contributed by atoms with Crippen LogP contribution in [0.15, 0.2) is 24.3 Å². The van der Waals surface area contributed by atoms with E-state index in [2.05, 4.69) is 24.5 Å². The Morgan fingerprint density at radius 1 is 1.40 bits per heavy atom. The molecule has 1 aromatic rings. The van der Waals surface area contributed by atoms with Gasteiger partial charge in [0.2, 0.25) is 5.91 Å². The summed E-state index contributed by atoms with van der Waals surface area (Å²) in [6.07, 6.45) is 1.86. The Bertz CT molecular complexity index is 459. The summed E-state index contributed by atoms with van der Waals surface area (Å²) in [5.74, 6) is -0.0448. The highest BCUT2D eigenvalue weighted by atomic mass is 35.5. The molecule has 1 aliphatic rings. The molecule has 5 heteroatoms. The Balaban J connectivity index is 1.76. The van der Waals surface area contributed by atoms with E-state index in [4.69, 9.17) is 16.3 Å². The topological polar surface area (TPSA) is 50.4 Å². The van der Waals surface area contributed by atoms with Crippen molar-refractivity contribution >= 4 is 23.2 Å². The summed E-state index contributed by atoms with van der Waals surface area (Å²) in [7, 11) is 0. The van der Waals surface area contributed by atoms with Gasteiger partial charge >= 0.3 is 0 Å². The van der Waals surface area contributed by atoms with E-state index in [0.29, 0.717) is 17.6 Å². The van der Waals surface area contributed by atoms with Crippen molar-refractivity contribution in [2.45, 2.75) is 38.3 Å². The molecule has 0 radical (unpaired) electrons. The van der Waals surface area contributed by atoms with Gasteiger partial charge in [-0.05, 0) is 51.0 Å². The lowest BCUT2D eigenvalue weighted by Crippen LogP contribution is -2.45. The van der Waals surface area contributed by atoms with Crippen molar-refractivity contribution in [2.75, 3.05) is 18.5 Å². The predicted octanol–water partition coefficient (Wildman–Crippen LogP) is 2.83. The van der Waals surface area contributed by atoms with Crippen LogP contribution in [0, 0.1) is 0 Å². The molecule has 2 N–H and O–H groups in total. The van der Waals surface area contributed by atoms with E-state index in [1.807, 2.05) is 0 Å². The number of carbonyl (C=O) groups excluding carboxylic acids is 1. The molecule has 1 heterocycles. The molecule has 0 spiro atoms. The molecule has 4 nitrogen and oxygen atoms in total. The maximum Gasteiger partial charge on any atom is 0.238 e. The van der Waals surface area contributed by atoms with Crippen molar-refractivity contribution in [3.63, 3.8) is 0 Å². The van der Waals surface area contributed by atoms with Crippen molar-refractivity contribution in [2.24, 2.45) is 0 Å². The van der Waals surface area contributed by atoms with Crippen molar-refractivity contribution in [3.8, 4) is 0 Å². The van der Waals surface area contributed by atoms with Crippen LogP contribution in [-0.2, 0) is 9.53 Å². The molecule has 110 valence electrons. The summed E-state index contributed by atoms with van der Waals surface area (Å²) in [4.78, 5) is 11.9. The molecule has 0 bridgehead atoms. The summed E-state index contributed by atoms with van der Waals surface area (Å²) in [6.45, 7) is 5.20. The Morgan fingerprint density at radius 3 is 2.75 bits per heavy atom. The zero-order valence-corrected chi connectivity index (χ0v) is 12.7. The Hall–Kier alpha value is -1.10. The fourth-order valence-corrected chi connectivity index (χ4v) is 2.51. The average molecular weight is 297 g/mol. The summed E-state index contributed by atoms with van der Waals surface area (Å²) < 4.78 is 5.66. The first-order valence-corrected chi connectivity index (χ1v) is 7.25. The van der Waals surface area contributed by atoms with Gasteiger partial charge in [0.05, 0.1) is 12.1 Å². The number of ether oxygens (including phenoxy) is 1. The number of halogens is 1. The molecule has 1 amide bonds. The van der Waals surface area contributed by atoms with E-state index in [1.54, 1.807) is 24.3 Å². The molecule has 2 rings (SSSR count). The minimum atomic E-state index is -0.109. The second-order valence-electron chi connectivity index (χ2n) is 5.73. The first kappa shape index (κ1) is 15.3. The van der Waals surface area contributed by atoms with E-state index in [-0.39, 0.29) is 11.5 Å². The van der Waals surface area contributed by atoms with Crippen LogP contribution >= 0.6 is 11.6 Å². The van der Waals surface area contributed by atoms with Gasteiger partial charge in [-0.1, -0.05) is 11.6 Å². The normalized spacial score (nSPS) is 21.4. The predicted molar refractivity (Wildman–Crippen MR) is 81.1 cm³/mol. The van der Waals surface area contributed by atoms with E-state index >= 15 is 0 Å². The third-order valence-electron chi connectivity index (χ3n) is 3.38. The zero-order valence-electron chi connectivity index (χ0n) is 11.9. The molecule has 1 unspecified atom stereocenters. The van der Waals surface area contributed by atoms with Crippen LogP contribution in [0.1, 0.15) is 26.7 Å². The highest BCUT2D eigenvalue weighted by molar-refractivity contribution is 6.30. The van der Waals surface area contributed by atoms with Gasteiger partial charge in [0, 0.05) is 23.4 Å². The van der Waals surface area contributed by atoms with Crippen LogP contribution in [0.25, 0.3) is 0 Å². The van der Waals surface area contributed by atoms with Gasteiger partial charge in [-0.3, -0.25) is 4.79 Å². The SMILES string of the molecule is CC1(C)CC(NCC(=O)Nc2ccc(Cl)cc2)CCO1. The minimum absolute atomic E-state index is 0.0448. The molecule has 0 aliphatic carbocycles. The van der Waals surface area contributed by atoms with Crippen molar-refractivity contribution in [1.82, 2.24) is 5.32 Å². The maximum absolute atomic E-state index is 11.9. The molecule has 1 aliphatic heterocycles. The highest BCUT2D eigenvalue weighted by Crippen LogP contribution is 2.23. The van der Waals surface area contributed by atoms with Gasteiger partial charge in [0.1, 0.15) is 0 Å². The fraction of sp³-hybridized carbons (Fsp3) is 0.533. The number of rotatable bonds is 4. The number of carbonyl (C=O) groups is 1. The van der Waals surface area contributed by atoms with Crippen molar-refractivity contribution < 1.29 is 9.53 Å². The maximum atomic E-state index is 11.9. The van der Waals surface area contributed by atoms with E-state index < -0.39 is 0 Å². The lowest BCUT2D eigenvalue weighted by atomic mass is 9.94. The molecule has 1 saturated heterocycles. The van der Waals surface area contributed by atoms with Crippen LogP contribution < -0.4 is 10.6 Å². The molecule has 1 atom stereocenters. The largest absolute Gasteiger partial charge is 0.375 e. The van der Waals surface area contributed by atoms with Crippen LogP contribution in [-0.4, -0.2) is 30.7 Å². The number of anilines is 1. The molecular weight excluding hydrogens is 276 g/mol. The second-order valence-corrected chi connectivity index (χ2v) is 6.17. The quantitative estimate of drug-likeness (QED) is 0.898. The van der Waals surface area contributed by atoms with E-state index in [1.165, 1.54) is 0 Å². The monoisotopic (exact) mass is 296 g/mol. The Kier molecular flexibility index (Phi) is 5.02. The number of nitrogens with one attached hydrogen (secondary N) is 2. The van der Waals surface area contributed by atoms with Gasteiger partial charge in [0.25, 0.3) is 0 Å². The minimum Gasteiger partial charge on any atom is -0.375 e. The zero-order chi connectivity index (χ0) is 14.6. The Morgan fingerprint density at radius 2 is 2.10 bits per heavy atom. The number of amides is 1. The molecule has 0 aromatic heterocycles. The Labute approximate surface area is 124 Å². The van der Waals surface area contributed by atoms with Gasteiger partial charge in [0.15, 0.2) is 0 Å². The van der Waals surface area contributed by atoms with Gasteiger partial charge < -0.3 is 15.4 Å². The van der Waals surface area contributed by atoms with Crippen LogP contribution in [0.2, 0.25) is 5.02 Å². The first-order valence-electron chi connectivity index (χ1n) is 6.87. The van der Waals surface area contributed by atoms with E-state index in [9.17, 15) is 4.79 Å². The van der Waals surface area contributed by atoms with Crippen LogP contribution in [0.4, 0.5) is 5.69 Å². The molecular formula is C15H21ClN2O2. The lowest BCUT2D eigenvalue weighted by Gasteiger charge is -2.35. The summed E-state index contributed by atoms with van der Waals surface area (Å²) in [6, 6.07) is 7.42. The van der Waals surface area contributed by atoms with Gasteiger partial charge in [-0.2, -0.15) is 0 Å². The summed E-state index contributed by atoms with van der Waals surface area (Å²) in [5, 5.41) is 6.79. The van der Waals surface area contributed by atoms with E-state index in [0.717, 1.165) is 25.1 Å². The summed E-state index contributed by atoms with van der Waals surface area (Å²) >= 11 is 5.80. The second kappa shape index (κ2) is 6.57. The molecule has 1 fully saturated rings. The lowest BCUT2D eigenvalue weighted by molar-refractivity contribution is -0.116. The molecule has 0 saturated carbocycles. The van der Waals surface area contributed by atoms with Crippen molar-refractivity contribution in [1.29, 1.82) is 0 Å². The third-order valence-corrected chi connectivity index (χ3v) is 3.63. The number of benzene rings is 1. The average Bonchev–Trinajstić information content (AvgIpc) is 2.38. The molecule has 20 heavy (non-hydrogen) atoms. The van der Waals surface area contributed by atoms with Crippen LogP contribution in [0.5, 0.6) is 0 Å². The smallest absolute Gasteiger partial charge is 0.238 e. The van der Waals surface area contributed by atoms with Gasteiger partial charge in [-0.15, -0.1) is 0 Å². The molecule has 1 aromatic carbocycles. The number of hydrogen-bond donors (Lipinski definition) is 2. The third kappa shape index (κ3) is 4.78. The number of hydrogen-bond acceptors (Lipinski definition) is 3. The first-order chi connectivity index (χ1) is 9.44. The summed E-state index contributed by atoms with van der Waals surface area (Å²) in [5.41, 5.74) is 0.649. The van der Waals surface area contributed by atoms with Crippen LogP contribution in [0.3, 0.4) is 0 Å².